The summed E-state index contributed by atoms with van der Waals surface area (Å²) in [6, 6.07) is 6.70. The zero-order valence-corrected chi connectivity index (χ0v) is 22.4. The summed E-state index contributed by atoms with van der Waals surface area (Å²) in [6.45, 7) is 7.23. The van der Waals surface area contributed by atoms with Gasteiger partial charge < -0.3 is 29.7 Å². The number of nitrogens with zero attached hydrogens (tertiary/aromatic N) is 1. The van der Waals surface area contributed by atoms with Crippen LogP contribution in [0.2, 0.25) is 0 Å². The van der Waals surface area contributed by atoms with E-state index in [1.807, 2.05) is 32.0 Å². The average molecular weight is 524 g/mol. The standard InChI is InChI=1S/C25H42N2O5.2ClH/c1-18(2)26-15-21(29)17-32-24-9-8-19(14-25(24)30-3)11-13-31-23-7-5-4-6-22(23)27-12-10-20(28)16-27;;/h8-9,14,18,20-23,26,28-29H,4-7,10-13,15-17H2,1-3H3;2*1H/t20?,21-,22-,23+;;/m1../s1. The highest BCUT2D eigenvalue weighted by atomic mass is 35.5. The van der Waals surface area contributed by atoms with Gasteiger partial charge in [-0.3, -0.25) is 4.90 Å². The van der Waals surface area contributed by atoms with Crippen LogP contribution in [0.4, 0.5) is 0 Å². The van der Waals surface area contributed by atoms with E-state index < -0.39 is 6.10 Å². The number of aliphatic hydroxyl groups is 2. The monoisotopic (exact) mass is 522 g/mol. The third-order valence-corrected chi connectivity index (χ3v) is 6.48. The van der Waals surface area contributed by atoms with E-state index in [1.165, 1.54) is 12.8 Å². The number of benzene rings is 1. The maximum Gasteiger partial charge on any atom is 0.161 e. The third kappa shape index (κ3) is 9.69. The van der Waals surface area contributed by atoms with E-state index in [4.69, 9.17) is 14.2 Å². The predicted octanol–water partition coefficient (Wildman–Crippen LogP) is 3.21. The number of ether oxygens (including phenoxy) is 3. The van der Waals surface area contributed by atoms with Crippen molar-refractivity contribution in [3.05, 3.63) is 23.8 Å². The summed E-state index contributed by atoms with van der Waals surface area (Å²) < 4.78 is 17.6. The molecule has 34 heavy (non-hydrogen) atoms. The molecule has 0 spiro atoms. The van der Waals surface area contributed by atoms with Gasteiger partial charge in [-0.25, -0.2) is 0 Å². The highest BCUT2D eigenvalue weighted by Gasteiger charge is 2.34. The number of likely N-dealkylation sites (tertiary alicyclic amines) is 1. The van der Waals surface area contributed by atoms with Gasteiger partial charge in [-0.15, -0.1) is 24.8 Å². The van der Waals surface area contributed by atoms with Gasteiger partial charge in [-0.2, -0.15) is 0 Å². The van der Waals surface area contributed by atoms with Crippen LogP contribution in [0, 0.1) is 0 Å². The van der Waals surface area contributed by atoms with E-state index in [0.717, 1.165) is 44.3 Å². The summed E-state index contributed by atoms with van der Waals surface area (Å²) >= 11 is 0. The first-order valence-electron chi connectivity index (χ1n) is 12.2. The number of rotatable bonds is 12. The van der Waals surface area contributed by atoms with Crippen LogP contribution in [0.25, 0.3) is 0 Å². The van der Waals surface area contributed by atoms with Crippen molar-refractivity contribution in [3.8, 4) is 11.5 Å². The van der Waals surface area contributed by atoms with Crippen molar-refractivity contribution in [2.24, 2.45) is 0 Å². The van der Waals surface area contributed by atoms with Crippen LogP contribution in [-0.4, -0.2) is 85.5 Å². The van der Waals surface area contributed by atoms with Gasteiger partial charge >= 0.3 is 0 Å². The second kappa shape index (κ2) is 16.0. The summed E-state index contributed by atoms with van der Waals surface area (Å²) in [5, 5.41) is 23.2. The molecule has 0 amide bonds. The van der Waals surface area contributed by atoms with Gasteiger partial charge in [-0.05, 0) is 43.4 Å². The van der Waals surface area contributed by atoms with Crippen molar-refractivity contribution in [3.63, 3.8) is 0 Å². The topological polar surface area (TPSA) is 83.4 Å². The van der Waals surface area contributed by atoms with Gasteiger partial charge in [0.05, 0.1) is 25.9 Å². The molecular formula is C25H44Cl2N2O5. The molecule has 1 aliphatic carbocycles. The Morgan fingerprint density at radius 3 is 2.56 bits per heavy atom. The molecule has 2 fully saturated rings. The summed E-state index contributed by atoms with van der Waals surface area (Å²) in [5.41, 5.74) is 1.14. The average Bonchev–Trinajstić information content (AvgIpc) is 3.23. The van der Waals surface area contributed by atoms with Gasteiger partial charge in [0.25, 0.3) is 0 Å². The minimum Gasteiger partial charge on any atom is -0.493 e. The Hall–Kier alpha value is -0.800. The van der Waals surface area contributed by atoms with Crippen LogP contribution < -0.4 is 14.8 Å². The Labute approximate surface area is 217 Å². The molecule has 1 aliphatic heterocycles. The molecule has 1 unspecified atom stereocenters. The number of hydrogen-bond acceptors (Lipinski definition) is 7. The molecule has 0 bridgehead atoms. The molecule has 3 rings (SSSR count). The lowest BCUT2D eigenvalue weighted by molar-refractivity contribution is -0.0316. The largest absolute Gasteiger partial charge is 0.493 e. The Kier molecular flexibility index (Phi) is 14.7. The molecule has 3 N–H and O–H groups in total. The fourth-order valence-electron chi connectivity index (χ4n) is 4.69. The fraction of sp³-hybridized carbons (Fsp3) is 0.760. The predicted molar refractivity (Wildman–Crippen MR) is 140 cm³/mol. The first kappa shape index (κ1) is 31.2. The summed E-state index contributed by atoms with van der Waals surface area (Å²) in [4.78, 5) is 2.43. The summed E-state index contributed by atoms with van der Waals surface area (Å²) in [6.07, 6.45) is 5.91. The van der Waals surface area contributed by atoms with Crippen LogP contribution >= 0.6 is 24.8 Å². The molecule has 1 saturated heterocycles. The lowest BCUT2D eigenvalue weighted by Gasteiger charge is -2.37. The Bertz CT molecular complexity index is 697. The van der Waals surface area contributed by atoms with Crippen molar-refractivity contribution in [1.29, 1.82) is 0 Å². The van der Waals surface area contributed by atoms with Crippen LogP contribution in [0.3, 0.4) is 0 Å². The van der Waals surface area contributed by atoms with E-state index in [1.54, 1.807) is 7.11 Å². The van der Waals surface area contributed by atoms with Crippen LogP contribution in [-0.2, 0) is 11.2 Å². The second-order valence-corrected chi connectivity index (χ2v) is 9.46. The molecule has 9 heteroatoms. The van der Waals surface area contributed by atoms with E-state index in [2.05, 4.69) is 10.2 Å². The van der Waals surface area contributed by atoms with Crippen molar-refractivity contribution < 1.29 is 24.4 Å². The minimum absolute atomic E-state index is 0. The number of hydrogen-bond donors (Lipinski definition) is 3. The fourth-order valence-corrected chi connectivity index (χ4v) is 4.69. The molecule has 1 saturated carbocycles. The lowest BCUT2D eigenvalue weighted by Crippen LogP contribution is -2.46. The number of methoxy groups -OCH3 is 1. The van der Waals surface area contributed by atoms with Crippen molar-refractivity contribution >= 4 is 24.8 Å². The Morgan fingerprint density at radius 2 is 1.88 bits per heavy atom. The molecular weight excluding hydrogens is 479 g/mol. The SMILES string of the molecule is COc1cc(CCO[C@H]2CCCC[C@H]2N2CCC(O)C2)ccc1OC[C@H](O)CNC(C)C.Cl.Cl. The minimum atomic E-state index is -0.574. The Balaban J connectivity index is 0.00000289. The summed E-state index contributed by atoms with van der Waals surface area (Å²) in [7, 11) is 1.64. The quantitative estimate of drug-likeness (QED) is 0.388. The second-order valence-electron chi connectivity index (χ2n) is 9.46. The highest BCUT2D eigenvalue weighted by Crippen LogP contribution is 2.30. The van der Waals surface area contributed by atoms with Crippen LogP contribution in [0.1, 0.15) is 51.5 Å². The maximum atomic E-state index is 10.1. The van der Waals surface area contributed by atoms with Gasteiger partial charge in [0.2, 0.25) is 0 Å². The highest BCUT2D eigenvalue weighted by molar-refractivity contribution is 5.85. The van der Waals surface area contributed by atoms with Crippen molar-refractivity contribution in [1.82, 2.24) is 10.2 Å². The number of nitrogens with one attached hydrogen (secondary N) is 1. The van der Waals surface area contributed by atoms with Crippen LogP contribution in [0.5, 0.6) is 11.5 Å². The number of halogens is 2. The van der Waals surface area contributed by atoms with Gasteiger partial charge in [-0.1, -0.05) is 32.8 Å². The molecule has 1 aromatic carbocycles. The Morgan fingerprint density at radius 1 is 1.12 bits per heavy atom. The number of aliphatic hydroxyl groups excluding tert-OH is 2. The van der Waals surface area contributed by atoms with Crippen LogP contribution in [0.15, 0.2) is 18.2 Å². The first-order chi connectivity index (χ1) is 15.5. The van der Waals surface area contributed by atoms with E-state index >= 15 is 0 Å². The number of β-amino-alcohol motifs (C(OH)–C–C–N with tert-alkyl or cyclic N) is 1. The molecule has 0 radical (unpaired) electrons. The first-order valence-corrected chi connectivity index (χ1v) is 12.2. The molecule has 4 atom stereocenters. The maximum absolute atomic E-state index is 10.1. The normalized spacial score (nSPS) is 23.8. The molecule has 198 valence electrons. The van der Waals surface area contributed by atoms with E-state index in [0.29, 0.717) is 36.7 Å². The molecule has 1 aromatic rings. The van der Waals surface area contributed by atoms with Gasteiger partial charge in [0.15, 0.2) is 11.5 Å². The third-order valence-electron chi connectivity index (χ3n) is 6.48. The molecule has 2 aliphatic rings. The molecule has 0 aromatic heterocycles. The van der Waals surface area contributed by atoms with Crippen molar-refractivity contribution in [2.75, 3.05) is 40.0 Å². The van der Waals surface area contributed by atoms with E-state index in [9.17, 15) is 10.2 Å². The van der Waals surface area contributed by atoms with Crippen molar-refractivity contribution in [2.45, 2.75) is 82.8 Å². The zero-order chi connectivity index (χ0) is 22.9. The van der Waals surface area contributed by atoms with Gasteiger partial charge in [0, 0.05) is 31.7 Å². The van der Waals surface area contributed by atoms with E-state index in [-0.39, 0.29) is 43.6 Å². The lowest BCUT2D eigenvalue weighted by atomic mass is 9.91. The molecule has 1 heterocycles. The van der Waals surface area contributed by atoms with Gasteiger partial charge in [0.1, 0.15) is 12.7 Å². The smallest absolute Gasteiger partial charge is 0.161 e. The summed E-state index contributed by atoms with van der Waals surface area (Å²) in [5.74, 6) is 1.31. The zero-order valence-electron chi connectivity index (χ0n) is 20.8. The molecule has 7 nitrogen and oxygen atoms in total.